The molecule has 8 heteroatoms. The van der Waals surface area contributed by atoms with Crippen LogP contribution < -0.4 is 16.6 Å². The second kappa shape index (κ2) is 6.39. The summed E-state index contributed by atoms with van der Waals surface area (Å²) in [5.41, 5.74) is -0.00581. The van der Waals surface area contributed by atoms with Crippen LogP contribution in [0.4, 0.5) is 5.95 Å². The van der Waals surface area contributed by atoms with Gasteiger partial charge < -0.3 is 9.88 Å². The zero-order valence-electron chi connectivity index (χ0n) is 13.2. The first kappa shape index (κ1) is 16.4. The standard InChI is InChI=1S/C14H20ClN5O2/c1-5-7-16-13-17-11-10(20(13)8-6-9(2)15)12(21)19(4)14(22)18(11)3/h6H,5,7-8H2,1-4H3,(H,16,17). The monoisotopic (exact) mass is 325 g/mol. The summed E-state index contributed by atoms with van der Waals surface area (Å²) in [5, 5.41) is 3.82. The van der Waals surface area contributed by atoms with Crippen LogP contribution in [0.5, 0.6) is 0 Å². The van der Waals surface area contributed by atoms with Crippen molar-refractivity contribution in [3.05, 3.63) is 31.9 Å². The van der Waals surface area contributed by atoms with Crippen LogP contribution in [0.15, 0.2) is 20.7 Å². The SMILES string of the molecule is CCCNc1nc2c(c(=O)n(C)c(=O)n2C)n1CC=C(C)Cl. The Hall–Kier alpha value is -2.02. The second-order valence-electron chi connectivity index (χ2n) is 5.14. The van der Waals surface area contributed by atoms with E-state index in [1.807, 2.05) is 6.92 Å². The first-order chi connectivity index (χ1) is 10.4. The summed E-state index contributed by atoms with van der Waals surface area (Å²) in [5.74, 6) is 0.560. The normalized spacial score (nSPS) is 12.1. The van der Waals surface area contributed by atoms with Gasteiger partial charge in [-0.25, -0.2) is 4.79 Å². The molecule has 0 spiro atoms. The van der Waals surface area contributed by atoms with Crippen LogP contribution in [0.2, 0.25) is 0 Å². The lowest BCUT2D eigenvalue weighted by molar-refractivity contribution is 0.703. The van der Waals surface area contributed by atoms with E-state index in [2.05, 4.69) is 10.3 Å². The molecule has 22 heavy (non-hydrogen) atoms. The number of allylic oxidation sites excluding steroid dienone is 2. The van der Waals surface area contributed by atoms with Crippen molar-refractivity contribution < 1.29 is 0 Å². The number of aryl methyl sites for hydroxylation is 1. The van der Waals surface area contributed by atoms with Gasteiger partial charge in [-0.05, 0) is 13.3 Å². The Morgan fingerprint density at radius 2 is 2.00 bits per heavy atom. The summed E-state index contributed by atoms with van der Waals surface area (Å²) < 4.78 is 4.21. The van der Waals surface area contributed by atoms with Gasteiger partial charge in [0.05, 0.1) is 0 Å². The van der Waals surface area contributed by atoms with Crippen molar-refractivity contribution in [2.45, 2.75) is 26.8 Å². The van der Waals surface area contributed by atoms with Crippen molar-refractivity contribution in [1.29, 1.82) is 0 Å². The van der Waals surface area contributed by atoms with Crippen molar-refractivity contribution in [1.82, 2.24) is 18.7 Å². The number of nitrogens with one attached hydrogen (secondary N) is 1. The topological polar surface area (TPSA) is 73.8 Å². The van der Waals surface area contributed by atoms with Gasteiger partial charge in [0.1, 0.15) is 0 Å². The smallest absolute Gasteiger partial charge is 0.332 e. The Morgan fingerprint density at radius 3 is 2.59 bits per heavy atom. The molecule has 0 saturated carbocycles. The van der Waals surface area contributed by atoms with Crippen LogP contribution in [-0.2, 0) is 20.6 Å². The Labute approximate surface area is 132 Å². The van der Waals surface area contributed by atoms with E-state index in [4.69, 9.17) is 11.6 Å². The third kappa shape index (κ3) is 2.81. The molecule has 2 aromatic rings. The molecule has 2 rings (SSSR count). The minimum absolute atomic E-state index is 0.365. The van der Waals surface area contributed by atoms with E-state index in [1.165, 1.54) is 11.6 Å². The molecule has 0 aromatic carbocycles. The van der Waals surface area contributed by atoms with Crippen molar-refractivity contribution in [2.24, 2.45) is 14.1 Å². The maximum atomic E-state index is 12.5. The third-order valence-corrected chi connectivity index (χ3v) is 3.59. The minimum Gasteiger partial charge on any atom is -0.356 e. The lowest BCUT2D eigenvalue weighted by Crippen LogP contribution is -2.37. The molecule has 0 aliphatic rings. The average molecular weight is 326 g/mol. The van der Waals surface area contributed by atoms with Crippen molar-refractivity contribution >= 4 is 28.7 Å². The molecule has 0 unspecified atom stereocenters. The number of hydrogen-bond donors (Lipinski definition) is 1. The Bertz CT molecular complexity index is 840. The maximum absolute atomic E-state index is 12.5. The van der Waals surface area contributed by atoms with Gasteiger partial charge in [-0.15, -0.1) is 0 Å². The molecule has 7 nitrogen and oxygen atoms in total. The van der Waals surface area contributed by atoms with Crippen LogP contribution in [0.3, 0.4) is 0 Å². The largest absolute Gasteiger partial charge is 0.356 e. The predicted molar refractivity (Wildman–Crippen MR) is 88.6 cm³/mol. The highest BCUT2D eigenvalue weighted by Gasteiger charge is 2.18. The molecule has 0 bridgehead atoms. The molecule has 0 aliphatic carbocycles. The quantitative estimate of drug-likeness (QED) is 0.901. The molecular weight excluding hydrogens is 306 g/mol. The summed E-state index contributed by atoms with van der Waals surface area (Å²) in [6.45, 7) is 4.94. The average Bonchev–Trinajstić information content (AvgIpc) is 2.85. The van der Waals surface area contributed by atoms with Crippen LogP contribution in [0.25, 0.3) is 11.2 Å². The number of rotatable bonds is 5. The van der Waals surface area contributed by atoms with Crippen LogP contribution in [-0.4, -0.2) is 25.2 Å². The molecule has 2 heterocycles. The van der Waals surface area contributed by atoms with Gasteiger partial charge in [-0.1, -0.05) is 24.6 Å². The van der Waals surface area contributed by atoms with Gasteiger partial charge in [0, 0.05) is 32.2 Å². The lowest BCUT2D eigenvalue weighted by Gasteiger charge is -2.08. The summed E-state index contributed by atoms with van der Waals surface area (Å²) >= 11 is 5.90. The van der Waals surface area contributed by atoms with Crippen molar-refractivity contribution in [3.8, 4) is 0 Å². The highest BCUT2D eigenvalue weighted by Crippen LogP contribution is 2.16. The molecule has 0 amide bonds. The summed E-state index contributed by atoms with van der Waals surface area (Å²) in [6, 6.07) is 0. The van der Waals surface area contributed by atoms with Crippen LogP contribution in [0, 0.1) is 0 Å². The van der Waals surface area contributed by atoms with E-state index in [1.54, 1.807) is 24.6 Å². The van der Waals surface area contributed by atoms with Gasteiger partial charge >= 0.3 is 5.69 Å². The molecule has 0 aliphatic heterocycles. The van der Waals surface area contributed by atoms with Gasteiger partial charge in [0.25, 0.3) is 5.56 Å². The van der Waals surface area contributed by atoms with E-state index in [0.29, 0.717) is 28.7 Å². The maximum Gasteiger partial charge on any atom is 0.332 e. The fourth-order valence-corrected chi connectivity index (χ4v) is 2.28. The fraction of sp³-hybridized carbons (Fsp3) is 0.500. The third-order valence-electron chi connectivity index (χ3n) is 3.44. The Balaban J connectivity index is 2.78. The Morgan fingerprint density at radius 1 is 1.32 bits per heavy atom. The zero-order valence-corrected chi connectivity index (χ0v) is 13.9. The molecule has 0 fully saturated rings. The lowest BCUT2D eigenvalue weighted by atomic mass is 10.4. The number of anilines is 1. The predicted octanol–water partition coefficient (Wildman–Crippen LogP) is 1.40. The molecule has 120 valence electrons. The van der Waals surface area contributed by atoms with Crippen molar-refractivity contribution in [2.75, 3.05) is 11.9 Å². The van der Waals surface area contributed by atoms with Gasteiger partial charge in [-0.2, -0.15) is 4.98 Å². The number of halogens is 1. The molecule has 0 saturated heterocycles. The number of aromatic nitrogens is 4. The first-order valence-corrected chi connectivity index (χ1v) is 7.48. The van der Waals surface area contributed by atoms with E-state index < -0.39 is 5.69 Å². The fourth-order valence-electron chi connectivity index (χ4n) is 2.21. The zero-order chi connectivity index (χ0) is 16.4. The summed E-state index contributed by atoms with van der Waals surface area (Å²) in [6.07, 6.45) is 2.72. The highest BCUT2D eigenvalue weighted by molar-refractivity contribution is 6.29. The van der Waals surface area contributed by atoms with E-state index in [9.17, 15) is 9.59 Å². The first-order valence-electron chi connectivity index (χ1n) is 7.10. The molecule has 0 atom stereocenters. The van der Waals surface area contributed by atoms with E-state index >= 15 is 0 Å². The minimum atomic E-state index is -0.395. The van der Waals surface area contributed by atoms with Gasteiger partial charge in [0.15, 0.2) is 11.2 Å². The number of nitrogens with zero attached hydrogens (tertiary/aromatic N) is 4. The van der Waals surface area contributed by atoms with Crippen LogP contribution in [0.1, 0.15) is 20.3 Å². The Kier molecular flexibility index (Phi) is 4.75. The van der Waals surface area contributed by atoms with E-state index in [0.717, 1.165) is 17.5 Å². The summed E-state index contributed by atoms with van der Waals surface area (Å²) in [7, 11) is 3.07. The number of hydrogen-bond acceptors (Lipinski definition) is 4. The second-order valence-corrected chi connectivity index (χ2v) is 5.74. The van der Waals surface area contributed by atoms with E-state index in [-0.39, 0.29) is 5.56 Å². The van der Waals surface area contributed by atoms with Gasteiger partial charge in [-0.3, -0.25) is 13.9 Å². The number of imidazole rings is 1. The molecule has 0 radical (unpaired) electrons. The molecule has 2 aromatic heterocycles. The number of fused-ring (bicyclic) bond motifs is 1. The van der Waals surface area contributed by atoms with Gasteiger partial charge in [0.2, 0.25) is 5.95 Å². The van der Waals surface area contributed by atoms with Crippen molar-refractivity contribution in [3.63, 3.8) is 0 Å². The highest BCUT2D eigenvalue weighted by atomic mass is 35.5. The molecular formula is C14H20ClN5O2. The van der Waals surface area contributed by atoms with Crippen LogP contribution >= 0.6 is 11.6 Å². The summed E-state index contributed by atoms with van der Waals surface area (Å²) in [4.78, 5) is 28.9. The molecule has 1 N–H and O–H groups in total.